The lowest BCUT2D eigenvalue weighted by atomic mass is 10.4. The third kappa shape index (κ3) is 3.03. The summed E-state index contributed by atoms with van der Waals surface area (Å²) in [5.74, 6) is 0.278. The molecular weight excluding hydrogens is 360 g/mol. The van der Waals surface area contributed by atoms with Crippen LogP contribution in [0.5, 0.6) is 0 Å². The van der Waals surface area contributed by atoms with E-state index < -0.39 is 10.0 Å². The molecule has 0 saturated carbocycles. The van der Waals surface area contributed by atoms with Gasteiger partial charge in [0.1, 0.15) is 10.0 Å². The molecule has 0 amide bonds. The largest absolute Gasteiger partial charge is 0.272 e. The third-order valence-corrected chi connectivity index (χ3v) is 5.99. The molecule has 0 atom stereocenters. The van der Waals surface area contributed by atoms with Gasteiger partial charge < -0.3 is 0 Å². The maximum Gasteiger partial charge on any atom is 0.272 e. The van der Waals surface area contributed by atoms with Gasteiger partial charge >= 0.3 is 0 Å². The van der Waals surface area contributed by atoms with Gasteiger partial charge in [-0.25, -0.2) is 13.4 Å². The van der Waals surface area contributed by atoms with Crippen molar-refractivity contribution in [1.82, 2.24) is 4.98 Å². The number of hydrogen-bond acceptors (Lipinski definition) is 4. The minimum absolute atomic E-state index is 0.162. The van der Waals surface area contributed by atoms with Crippen LogP contribution in [0, 0.1) is 6.92 Å². The third-order valence-electron chi connectivity index (χ3n) is 2.07. The van der Waals surface area contributed by atoms with Gasteiger partial charge in [0.25, 0.3) is 10.0 Å². The average molecular weight is 368 g/mol. The lowest BCUT2D eigenvalue weighted by molar-refractivity contribution is 0.603. The van der Waals surface area contributed by atoms with Gasteiger partial charge in [-0.2, -0.15) is 0 Å². The Morgan fingerprint density at radius 3 is 2.61 bits per heavy atom. The van der Waals surface area contributed by atoms with E-state index in [4.69, 9.17) is 11.6 Å². The number of halogens is 2. The molecule has 0 radical (unpaired) electrons. The van der Waals surface area contributed by atoms with Crippen molar-refractivity contribution < 1.29 is 8.42 Å². The van der Waals surface area contributed by atoms with Gasteiger partial charge in [-0.3, -0.25) is 4.72 Å². The van der Waals surface area contributed by atoms with Crippen LogP contribution in [0.1, 0.15) is 5.69 Å². The van der Waals surface area contributed by atoms with E-state index >= 15 is 0 Å². The second-order valence-corrected chi connectivity index (χ2v) is 7.91. The molecule has 0 fully saturated rings. The van der Waals surface area contributed by atoms with E-state index in [1.54, 1.807) is 25.1 Å². The number of nitrogens with zero attached hydrogens (tertiary/aromatic N) is 1. The summed E-state index contributed by atoms with van der Waals surface area (Å²) in [6.45, 7) is 1.78. The van der Waals surface area contributed by atoms with Gasteiger partial charge in [-0.05, 0) is 47.1 Å². The van der Waals surface area contributed by atoms with Crippen LogP contribution in [0.4, 0.5) is 5.82 Å². The molecule has 8 heteroatoms. The zero-order valence-electron chi connectivity index (χ0n) is 9.15. The Morgan fingerprint density at radius 2 is 2.06 bits per heavy atom. The van der Waals surface area contributed by atoms with Gasteiger partial charge in [-0.1, -0.05) is 11.6 Å². The quantitative estimate of drug-likeness (QED) is 0.900. The molecule has 2 aromatic rings. The Morgan fingerprint density at radius 1 is 1.33 bits per heavy atom. The number of aromatic nitrogens is 1. The number of thiophene rings is 1. The highest BCUT2D eigenvalue weighted by molar-refractivity contribution is 9.10. The number of hydrogen-bond donors (Lipinski definition) is 1. The van der Waals surface area contributed by atoms with Gasteiger partial charge in [0.15, 0.2) is 0 Å². The summed E-state index contributed by atoms with van der Waals surface area (Å²) in [4.78, 5) is 4.12. The topological polar surface area (TPSA) is 59.1 Å². The molecule has 1 N–H and O–H groups in total. The lowest BCUT2D eigenvalue weighted by Crippen LogP contribution is -2.12. The summed E-state index contributed by atoms with van der Waals surface area (Å²) < 4.78 is 27.8. The van der Waals surface area contributed by atoms with E-state index in [-0.39, 0.29) is 10.0 Å². The molecule has 2 aromatic heterocycles. The smallest absolute Gasteiger partial charge is 0.263 e. The van der Waals surface area contributed by atoms with Gasteiger partial charge in [-0.15, -0.1) is 11.3 Å². The van der Waals surface area contributed by atoms with Crippen molar-refractivity contribution in [2.75, 3.05) is 4.72 Å². The number of pyridine rings is 1. The minimum Gasteiger partial charge on any atom is -0.263 e. The van der Waals surface area contributed by atoms with E-state index in [0.29, 0.717) is 10.0 Å². The summed E-state index contributed by atoms with van der Waals surface area (Å²) in [6, 6.07) is 6.33. The molecule has 0 saturated heterocycles. The van der Waals surface area contributed by atoms with Crippen LogP contribution in [0.15, 0.2) is 32.9 Å². The van der Waals surface area contributed by atoms with E-state index in [0.717, 1.165) is 15.8 Å². The highest BCUT2D eigenvalue weighted by Crippen LogP contribution is 2.27. The van der Waals surface area contributed by atoms with Crippen LogP contribution in [0.25, 0.3) is 0 Å². The normalized spacial score (nSPS) is 11.5. The lowest BCUT2D eigenvalue weighted by Gasteiger charge is -2.06. The van der Waals surface area contributed by atoms with Gasteiger partial charge in [0, 0.05) is 4.47 Å². The molecule has 18 heavy (non-hydrogen) atoms. The fraction of sp³-hybridized carbons (Fsp3) is 0.100. The summed E-state index contributed by atoms with van der Waals surface area (Å²) in [7, 11) is -3.62. The number of sulfonamides is 1. The molecular formula is C10H8BrClN2O2S2. The number of rotatable bonds is 3. The van der Waals surface area contributed by atoms with Crippen molar-refractivity contribution in [2.24, 2.45) is 0 Å². The summed E-state index contributed by atoms with van der Waals surface area (Å²) in [6.07, 6.45) is 0. The Balaban J connectivity index is 2.30. The van der Waals surface area contributed by atoms with Gasteiger partial charge in [0.2, 0.25) is 0 Å². The van der Waals surface area contributed by atoms with Crippen LogP contribution in [0.2, 0.25) is 4.34 Å². The summed E-state index contributed by atoms with van der Waals surface area (Å²) in [5, 5.41) is 0. The number of anilines is 1. The molecule has 2 rings (SSSR count). The van der Waals surface area contributed by atoms with Crippen LogP contribution >= 0.6 is 38.9 Å². The van der Waals surface area contributed by atoms with E-state index in [1.165, 1.54) is 6.07 Å². The molecule has 0 spiro atoms. The standard InChI is InChI=1S/C10H8BrClN2O2S2/c1-6-7(11)2-4-9(13-6)14-18(15,16)10-5-3-8(12)17-10/h2-5H,1H3,(H,13,14). The Kier molecular flexibility index (Phi) is 3.96. The molecule has 2 heterocycles. The van der Waals surface area contributed by atoms with Crippen molar-refractivity contribution in [1.29, 1.82) is 0 Å². The maximum atomic E-state index is 12.0. The first kappa shape index (κ1) is 13.8. The number of aryl methyl sites for hydroxylation is 1. The van der Waals surface area contributed by atoms with E-state index in [9.17, 15) is 8.42 Å². The number of nitrogens with one attached hydrogen (secondary N) is 1. The molecule has 0 unspecified atom stereocenters. The zero-order chi connectivity index (χ0) is 13.3. The Hall–Kier alpha value is -0.630. The molecule has 0 aliphatic carbocycles. The van der Waals surface area contributed by atoms with Crippen LogP contribution < -0.4 is 4.72 Å². The van der Waals surface area contributed by atoms with E-state index in [1.807, 2.05) is 0 Å². The molecule has 0 aliphatic heterocycles. The predicted octanol–water partition coefficient (Wildman–Crippen LogP) is 3.67. The van der Waals surface area contributed by atoms with Crippen molar-refractivity contribution in [3.05, 3.63) is 38.8 Å². The first-order valence-corrected chi connectivity index (χ1v) is 8.27. The van der Waals surface area contributed by atoms with Gasteiger partial charge in [0.05, 0.1) is 10.0 Å². The summed E-state index contributed by atoms with van der Waals surface area (Å²) in [5.41, 5.74) is 0.708. The maximum absolute atomic E-state index is 12.0. The summed E-state index contributed by atoms with van der Waals surface area (Å²) >= 11 is 10.0. The monoisotopic (exact) mass is 366 g/mol. The second kappa shape index (κ2) is 5.16. The molecule has 0 aromatic carbocycles. The molecule has 0 bridgehead atoms. The van der Waals surface area contributed by atoms with Crippen molar-refractivity contribution >= 4 is 54.7 Å². The van der Waals surface area contributed by atoms with Crippen molar-refractivity contribution in [3.8, 4) is 0 Å². The molecule has 0 aliphatic rings. The van der Waals surface area contributed by atoms with Crippen LogP contribution in [0.3, 0.4) is 0 Å². The van der Waals surface area contributed by atoms with E-state index in [2.05, 4.69) is 25.6 Å². The molecule has 4 nitrogen and oxygen atoms in total. The Bertz CT molecular complexity index is 685. The van der Waals surface area contributed by atoms with Crippen molar-refractivity contribution in [2.45, 2.75) is 11.1 Å². The highest BCUT2D eigenvalue weighted by atomic mass is 79.9. The predicted molar refractivity (Wildman–Crippen MR) is 76.8 cm³/mol. The average Bonchev–Trinajstić information content (AvgIpc) is 2.71. The first-order valence-electron chi connectivity index (χ1n) is 4.80. The van der Waals surface area contributed by atoms with Crippen molar-refractivity contribution in [3.63, 3.8) is 0 Å². The van der Waals surface area contributed by atoms with Crippen LogP contribution in [-0.2, 0) is 10.0 Å². The second-order valence-electron chi connectivity index (χ2n) is 3.43. The fourth-order valence-corrected chi connectivity index (χ4v) is 3.94. The molecule has 96 valence electrons. The van der Waals surface area contributed by atoms with Crippen LogP contribution in [-0.4, -0.2) is 13.4 Å². The Labute approximate surface area is 122 Å². The first-order chi connectivity index (χ1) is 8.38. The fourth-order valence-electron chi connectivity index (χ4n) is 1.23. The SMILES string of the molecule is Cc1nc(NS(=O)(=O)c2ccc(Cl)s2)ccc1Br. The zero-order valence-corrected chi connectivity index (χ0v) is 13.1. The minimum atomic E-state index is -3.62. The highest BCUT2D eigenvalue weighted by Gasteiger charge is 2.17.